The molecule has 90 valence electrons. The highest BCUT2D eigenvalue weighted by Crippen LogP contribution is 2.31. The van der Waals surface area contributed by atoms with E-state index in [4.69, 9.17) is 0 Å². The van der Waals surface area contributed by atoms with Crippen LogP contribution in [0.4, 0.5) is 0 Å². The van der Waals surface area contributed by atoms with Crippen LogP contribution >= 0.6 is 27.3 Å². The minimum Gasteiger partial charge on any atom is -0.206 e. The van der Waals surface area contributed by atoms with E-state index < -0.39 is 10.0 Å². The average molecular weight is 324 g/mol. The van der Waals surface area contributed by atoms with Crippen molar-refractivity contribution in [1.82, 2.24) is 4.31 Å². The van der Waals surface area contributed by atoms with Crippen molar-refractivity contribution in [3.63, 3.8) is 0 Å². The molecule has 1 saturated heterocycles. The Morgan fingerprint density at radius 2 is 2.31 bits per heavy atom. The van der Waals surface area contributed by atoms with Crippen LogP contribution in [0.25, 0.3) is 0 Å². The van der Waals surface area contributed by atoms with Crippen LogP contribution in [0.3, 0.4) is 0 Å². The first kappa shape index (κ1) is 12.5. The molecule has 0 radical (unpaired) electrons. The highest BCUT2D eigenvalue weighted by atomic mass is 79.9. The highest BCUT2D eigenvalue weighted by Gasteiger charge is 2.32. The fraction of sp³-hybridized carbons (Fsp3) is 0.600. The van der Waals surface area contributed by atoms with Gasteiger partial charge in [-0.15, -0.1) is 11.3 Å². The molecule has 6 heteroatoms. The second-order valence-corrected chi connectivity index (χ2v) is 8.61. The predicted octanol–water partition coefficient (Wildman–Crippen LogP) is 2.93. The topological polar surface area (TPSA) is 37.4 Å². The van der Waals surface area contributed by atoms with Crippen LogP contribution in [0.1, 0.15) is 19.8 Å². The fourth-order valence-electron chi connectivity index (χ4n) is 1.91. The van der Waals surface area contributed by atoms with Gasteiger partial charge in [-0.2, -0.15) is 4.31 Å². The summed E-state index contributed by atoms with van der Waals surface area (Å²) in [5, 5.41) is 0. The molecule has 1 unspecified atom stereocenters. The summed E-state index contributed by atoms with van der Waals surface area (Å²) < 4.78 is 27.4. The van der Waals surface area contributed by atoms with E-state index in [9.17, 15) is 8.42 Å². The molecule has 16 heavy (non-hydrogen) atoms. The fourth-order valence-corrected chi connectivity index (χ4v) is 5.61. The van der Waals surface area contributed by atoms with Crippen molar-refractivity contribution in [2.45, 2.75) is 24.0 Å². The molecule has 0 spiro atoms. The van der Waals surface area contributed by atoms with Gasteiger partial charge in [0, 0.05) is 13.1 Å². The Balaban J connectivity index is 2.21. The Morgan fingerprint density at radius 3 is 2.81 bits per heavy atom. The number of sulfonamides is 1. The third-order valence-corrected chi connectivity index (χ3v) is 6.92. The van der Waals surface area contributed by atoms with E-state index in [0.717, 1.165) is 16.6 Å². The van der Waals surface area contributed by atoms with Crippen LogP contribution < -0.4 is 0 Å². The van der Waals surface area contributed by atoms with Crippen LogP contribution in [0.15, 0.2) is 20.1 Å². The molecule has 3 nitrogen and oxygen atoms in total. The van der Waals surface area contributed by atoms with E-state index in [2.05, 4.69) is 22.9 Å². The molecule has 0 aromatic carbocycles. The van der Waals surface area contributed by atoms with Crippen LogP contribution in [0, 0.1) is 5.92 Å². The Morgan fingerprint density at radius 1 is 1.56 bits per heavy atom. The van der Waals surface area contributed by atoms with E-state index in [1.54, 1.807) is 16.4 Å². The molecule has 1 fully saturated rings. The molecule has 0 aliphatic carbocycles. The van der Waals surface area contributed by atoms with Crippen molar-refractivity contribution in [3.8, 4) is 0 Å². The predicted molar refractivity (Wildman–Crippen MR) is 69.2 cm³/mol. The van der Waals surface area contributed by atoms with Crippen LogP contribution in [0.5, 0.6) is 0 Å². The normalized spacial score (nSPS) is 22.8. The van der Waals surface area contributed by atoms with E-state index >= 15 is 0 Å². The van der Waals surface area contributed by atoms with Gasteiger partial charge in [-0.3, -0.25) is 0 Å². The summed E-state index contributed by atoms with van der Waals surface area (Å²) in [5.74, 6) is 0.526. The summed E-state index contributed by atoms with van der Waals surface area (Å²) >= 11 is 4.57. The van der Waals surface area contributed by atoms with E-state index in [-0.39, 0.29) is 0 Å². The summed E-state index contributed by atoms with van der Waals surface area (Å²) in [6.45, 7) is 3.45. The Kier molecular flexibility index (Phi) is 3.73. The van der Waals surface area contributed by atoms with Crippen molar-refractivity contribution in [1.29, 1.82) is 0 Å². The number of hydrogen-bond donors (Lipinski definition) is 0. The van der Waals surface area contributed by atoms with Gasteiger partial charge in [-0.05, 0) is 40.4 Å². The van der Waals surface area contributed by atoms with Gasteiger partial charge in [-0.25, -0.2) is 8.42 Å². The molecule has 0 amide bonds. The van der Waals surface area contributed by atoms with Crippen molar-refractivity contribution >= 4 is 37.3 Å². The zero-order chi connectivity index (χ0) is 11.8. The summed E-state index contributed by atoms with van der Waals surface area (Å²) in [6, 6.07) is 3.45. The minimum atomic E-state index is -3.24. The van der Waals surface area contributed by atoms with E-state index in [0.29, 0.717) is 23.2 Å². The first-order chi connectivity index (χ1) is 7.54. The first-order valence-electron chi connectivity index (χ1n) is 5.29. The molecule has 1 aliphatic heterocycles. The quantitative estimate of drug-likeness (QED) is 0.857. The van der Waals surface area contributed by atoms with Gasteiger partial charge in [0.25, 0.3) is 10.0 Å². The van der Waals surface area contributed by atoms with Gasteiger partial charge in [0.2, 0.25) is 0 Å². The molecule has 0 N–H and O–H groups in total. The average Bonchev–Trinajstić information content (AvgIpc) is 2.85. The van der Waals surface area contributed by atoms with Crippen LogP contribution in [-0.2, 0) is 10.0 Å². The maximum absolute atomic E-state index is 12.2. The second kappa shape index (κ2) is 4.76. The van der Waals surface area contributed by atoms with Gasteiger partial charge in [0.1, 0.15) is 4.21 Å². The van der Waals surface area contributed by atoms with E-state index in [1.807, 2.05) is 0 Å². The molecule has 2 rings (SSSR count). The molecule has 0 bridgehead atoms. The van der Waals surface area contributed by atoms with Gasteiger partial charge in [0.05, 0.1) is 3.79 Å². The largest absolute Gasteiger partial charge is 0.252 e. The van der Waals surface area contributed by atoms with Crippen LogP contribution in [-0.4, -0.2) is 25.8 Å². The first-order valence-corrected chi connectivity index (χ1v) is 8.34. The monoisotopic (exact) mass is 323 g/mol. The van der Waals surface area contributed by atoms with Gasteiger partial charge in [-0.1, -0.05) is 13.3 Å². The van der Waals surface area contributed by atoms with Crippen molar-refractivity contribution in [2.24, 2.45) is 5.92 Å². The van der Waals surface area contributed by atoms with Gasteiger partial charge in [0.15, 0.2) is 0 Å². The lowest BCUT2D eigenvalue weighted by molar-refractivity contribution is 0.454. The van der Waals surface area contributed by atoms with Crippen molar-refractivity contribution in [2.75, 3.05) is 13.1 Å². The van der Waals surface area contributed by atoms with Crippen LogP contribution in [0.2, 0.25) is 0 Å². The number of halogens is 1. The highest BCUT2D eigenvalue weighted by molar-refractivity contribution is 9.11. The number of thiophene rings is 1. The summed E-state index contributed by atoms with van der Waals surface area (Å²) in [4.78, 5) is 0. The summed E-state index contributed by atoms with van der Waals surface area (Å²) in [5.41, 5.74) is 0. The summed E-state index contributed by atoms with van der Waals surface area (Å²) in [6.07, 6.45) is 2.04. The molecule has 0 saturated carbocycles. The number of nitrogens with zero attached hydrogens (tertiary/aromatic N) is 1. The number of rotatable bonds is 3. The van der Waals surface area contributed by atoms with Gasteiger partial charge >= 0.3 is 0 Å². The lowest BCUT2D eigenvalue weighted by atomic mass is 10.1. The molecule has 1 atom stereocenters. The lowest BCUT2D eigenvalue weighted by Crippen LogP contribution is -2.28. The molecular formula is C10H14BrNO2S2. The second-order valence-electron chi connectivity index (χ2n) is 3.98. The van der Waals surface area contributed by atoms with Crippen molar-refractivity contribution in [3.05, 3.63) is 15.9 Å². The Bertz CT molecular complexity index is 469. The van der Waals surface area contributed by atoms with Crippen molar-refractivity contribution < 1.29 is 8.42 Å². The zero-order valence-electron chi connectivity index (χ0n) is 9.02. The third-order valence-electron chi connectivity index (χ3n) is 2.97. The number of hydrogen-bond acceptors (Lipinski definition) is 3. The lowest BCUT2D eigenvalue weighted by Gasteiger charge is -2.14. The molecule has 1 aliphatic rings. The molecule has 2 heterocycles. The molecule has 1 aromatic heterocycles. The molecular weight excluding hydrogens is 310 g/mol. The maximum Gasteiger partial charge on any atom is 0.252 e. The third kappa shape index (κ3) is 2.34. The van der Waals surface area contributed by atoms with E-state index in [1.165, 1.54) is 11.3 Å². The van der Waals surface area contributed by atoms with Gasteiger partial charge < -0.3 is 0 Å². The minimum absolute atomic E-state index is 0.441. The Labute approximate surface area is 109 Å². The Hall–Kier alpha value is 0.0900. The summed E-state index contributed by atoms with van der Waals surface area (Å²) in [7, 11) is -3.24. The zero-order valence-corrected chi connectivity index (χ0v) is 12.2. The smallest absolute Gasteiger partial charge is 0.206 e. The SMILES string of the molecule is CCC1CCN(S(=O)(=O)c2ccc(Br)s2)C1. The molecule has 1 aromatic rings. The standard InChI is InChI=1S/C10H14BrNO2S2/c1-2-8-5-6-12(7-8)16(13,14)10-4-3-9(11)15-10/h3-4,8H,2,5-7H2,1H3. The maximum atomic E-state index is 12.2.